The maximum atomic E-state index is 13.5. The van der Waals surface area contributed by atoms with Crippen LogP contribution in [0, 0.1) is 12.7 Å². The second kappa shape index (κ2) is 6.17. The number of para-hydroxylation sites is 1. The average molecular weight is 287 g/mol. The van der Waals surface area contributed by atoms with Crippen LogP contribution in [0.5, 0.6) is 0 Å². The number of benzene rings is 2. The largest absolute Gasteiger partial charge is 0.478 e. The fraction of sp³-hybridized carbons (Fsp3) is 0.125. The standard InChI is InChI=1S/C16H14FNO3/c1-10-5-4-7-12(16(20)21)15(10)18-14(19)9-11-6-2-3-8-13(11)17/h2-8H,9H2,1H3,(H,18,19)(H,20,21). The fourth-order valence-corrected chi connectivity index (χ4v) is 2.01. The van der Waals surface area contributed by atoms with Crippen LogP contribution in [-0.2, 0) is 11.2 Å². The molecule has 4 nitrogen and oxygen atoms in total. The molecule has 2 rings (SSSR count). The Labute approximate surface area is 121 Å². The quantitative estimate of drug-likeness (QED) is 0.908. The molecule has 1 amide bonds. The molecule has 108 valence electrons. The number of aromatic carboxylic acids is 1. The van der Waals surface area contributed by atoms with Gasteiger partial charge in [-0.1, -0.05) is 30.3 Å². The molecule has 0 aromatic heterocycles. The Morgan fingerprint density at radius 2 is 1.86 bits per heavy atom. The van der Waals surface area contributed by atoms with E-state index < -0.39 is 17.7 Å². The second-order valence-electron chi connectivity index (χ2n) is 4.62. The van der Waals surface area contributed by atoms with Gasteiger partial charge in [0, 0.05) is 0 Å². The first-order valence-electron chi connectivity index (χ1n) is 6.35. The molecule has 2 N–H and O–H groups in total. The van der Waals surface area contributed by atoms with E-state index >= 15 is 0 Å². The monoisotopic (exact) mass is 287 g/mol. The molecular weight excluding hydrogens is 273 g/mol. The summed E-state index contributed by atoms with van der Waals surface area (Å²) in [6.45, 7) is 1.70. The number of carboxylic acid groups (broad SMARTS) is 1. The first kappa shape index (κ1) is 14.7. The number of rotatable bonds is 4. The van der Waals surface area contributed by atoms with Crippen molar-refractivity contribution in [2.75, 3.05) is 5.32 Å². The molecule has 0 spiro atoms. The third-order valence-electron chi connectivity index (χ3n) is 3.08. The lowest BCUT2D eigenvalue weighted by Gasteiger charge is -2.11. The molecule has 0 saturated carbocycles. The third kappa shape index (κ3) is 3.45. The van der Waals surface area contributed by atoms with Crippen molar-refractivity contribution in [2.45, 2.75) is 13.3 Å². The van der Waals surface area contributed by atoms with Gasteiger partial charge in [-0.15, -0.1) is 0 Å². The van der Waals surface area contributed by atoms with Crippen molar-refractivity contribution < 1.29 is 19.1 Å². The molecule has 0 heterocycles. The molecule has 0 saturated heterocycles. The van der Waals surface area contributed by atoms with Crippen LogP contribution in [0.1, 0.15) is 21.5 Å². The summed E-state index contributed by atoms with van der Waals surface area (Å²) in [6, 6.07) is 10.7. The van der Waals surface area contributed by atoms with Gasteiger partial charge in [-0.2, -0.15) is 0 Å². The van der Waals surface area contributed by atoms with Gasteiger partial charge in [-0.25, -0.2) is 9.18 Å². The van der Waals surface area contributed by atoms with Crippen LogP contribution in [-0.4, -0.2) is 17.0 Å². The number of carbonyl (C=O) groups is 2. The van der Waals surface area contributed by atoms with Gasteiger partial charge in [-0.05, 0) is 30.2 Å². The lowest BCUT2D eigenvalue weighted by molar-refractivity contribution is -0.115. The van der Waals surface area contributed by atoms with Gasteiger partial charge in [0.2, 0.25) is 5.91 Å². The SMILES string of the molecule is Cc1cccc(C(=O)O)c1NC(=O)Cc1ccccc1F. The molecule has 2 aromatic rings. The molecule has 21 heavy (non-hydrogen) atoms. The number of halogens is 1. The van der Waals surface area contributed by atoms with Crippen LogP contribution >= 0.6 is 0 Å². The van der Waals surface area contributed by atoms with Gasteiger partial charge >= 0.3 is 5.97 Å². The zero-order valence-electron chi connectivity index (χ0n) is 11.4. The molecular formula is C16H14FNO3. The minimum absolute atomic E-state index is 0.0110. The number of hydrogen-bond donors (Lipinski definition) is 2. The Bertz CT molecular complexity index is 698. The maximum absolute atomic E-state index is 13.5. The van der Waals surface area contributed by atoms with Crippen LogP contribution in [0.25, 0.3) is 0 Å². The zero-order valence-corrected chi connectivity index (χ0v) is 11.4. The van der Waals surface area contributed by atoms with Crippen LogP contribution in [0.3, 0.4) is 0 Å². The van der Waals surface area contributed by atoms with Crippen molar-refractivity contribution in [1.82, 2.24) is 0 Å². The lowest BCUT2D eigenvalue weighted by Crippen LogP contribution is -2.18. The van der Waals surface area contributed by atoms with Gasteiger partial charge in [0.15, 0.2) is 0 Å². The van der Waals surface area contributed by atoms with E-state index in [2.05, 4.69) is 5.32 Å². The highest BCUT2D eigenvalue weighted by Crippen LogP contribution is 2.21. The Morgan fingerprint density at radius 1 is 1.14 bits per heavy atom. The first-order chi connectivity index (χ1) is 9.99. The number of carbonyl (C=O) groups excluding carboxylic acids is 1. The summed E-state index contributed by atoms with van der Waals surface area (Å²) in [5.74, 6) is -2.05. The number of aryl methyl sites for hydroxylation is 1. The van der Waals surface area contributed by atoms with E-state index in [1.54, 1.807) is 31.2 Å². The van der Waals surface area contributed by atoms with Crippen LogP contribution in [0.15, 0.2) is 42.5 Å². The summed E-state index contributed by atoms with van der Waals surface area (Å²) in [7, 11) is 0. The number of hydrogen-bond acceptors (Lipinski definition) is 2. The van der Waals surface area contributed by atoms with E-state index in [0.717, 1.165) is 0 Å². The second-order valence-corrected chi connectivity index (χ2v) is 4.62. The fourth-order valence-electron chi connectivity index (χ4n) is 2.01. The van der Waals surface area contributed by atoms with Crippen LogP contribution in [0.4, 0.5) is 10.1 Å². The highest BCUT2D eigenvalue weighted by molar-refractivity contribution is 6.01. The highest BCUT2D eigenvalue weighted by atomic mass is 19.1. The summed E-state index contributed by atoms with van der Waals surface area (Å²) in [5, 5.41) is 11.7. The number of nitrogens with one attached hydrogen (secondary N) is 1. The normalized spacial score (nSPS) is 10.2. The summed E-state index contributed by atoms with van der Waals surface area (Å²) in [5.41, 5.74) is 1.15. The van der Waals surface area contributed by atoms with Gasteiger partial charge in [0.05, 0.1) is 17.7 Å². The van der Waals surface area contributed by atoms with Crippen molar-refractivity contribution in [1.29, 1.82) is 0 Å². The third-order valence-corrected chi connectivity index (χ3v) is 3.08. The molecule has 0 fully saturated rings. The maximum Gasteiger partial charge on any atom is 0.337 e. The Balaban J connectivity index is 2.21. The van der Waals surface area contributed by atoms with E-state index in [1.807, 2.05) is 0 Å². The van der Waals surface area contributed by atoms with E-state index in [1.165, 1.54) is 18.2 Å². The highest BCUT2D eigenvalue weighted by Gasteiger charge is 2.15. The molecule has 0 atom stereocenters. The van der Waals surface area contributed by atoms with E-state index in [4.69, 9.17) is 5.11 Å². The summed E-state index contributed by atoms with van der Waals surface area (Å²) in [4.78, 5) is 23.1. The van der Waals surface area contributed by atoms with Crippen molar-refractivity contribution in [3.05, 3.63) is 65.0 Å². The predicted molar refractivity (Wildman–Crippen MR) is 76.9 cm³/mol. The molecule has 0 bridgehead atoms. The van der Waals surface area contributed by atoms with Gasteiger partial charge < -0.3 is 10.4 Å². The van der Waals surface area contributed by atoms with E-state index in [0.29, 0.717) is 5.56 Å². The van der Waals surface area contributed by atoms with Crippen molar-refractivity contribution in [3.8, 4) is 0 Å². The molecule has 0 aliphatic rings. The first-order valence-corrected chi connectivity index (χ1v) is 6.35. The van der Waals surface area contributed by atoms with E-state index in [-0.39, 0.29) is 23.2 Å². The van der Waals surface area contributed by atoms with Gasteiger partial charge in [0.25, 0.3) is 0 Å². The number of anilines is 1. The smallest absolute Gasteiger partial charge is 0.337 e. The minimum atomic E-state index is -1.13. The molecule has 2 aromatic carbocycles. The van der Waals surface area contributed by atoms with Crippen molar-refractivity contribution in [3.63, 3.8) is 0 Å². The van der Waals surface area contributed by atoms with Crippen molar-refractivity contribution >= 4 is 17.6 Å². The number of carboxylic acids is 1. The van der Waals surface area contributed by atoms with E-state index in [9.17, 15) is 14.0 Å². The minimum Gasteiger partial charge on any atom is -0.478 e. The summed E-state index contributed by atoms with van der Waals surface area (Å²) in [6.07, 6.45) is -0.153. The van der Waals surface area contributed by atoms with Crippen molar-refractivity contribution in [2.24, 2.45) is 0 Å². The summed E-state index contributed by atoms with van der Waals surface area (Å²) >= 11 is 0. The van der Waals surface area contributed by atoms with Gasteiger partial charge in [0.1, 0.15) is 5.82 Å². The summed E-state index contributed by atoms with van der Waals surface area (Å²) < 4.78 is 13.5. The Morgan fingerprint density at radius 3 is 2.52 bits per heavy atom. The van der Waals surface area contributed by atoms with Crippen LogP contribution < -0.4 is 5.32 Å². The van der Waals surface area contributed by atoms with Crippen LogP contribution in [0.2, 0.25) is 0 Å². The zero-order chi connectivity index (χ0) is 15.4. The molecule has 5 heteroatoms. The topological polar surface area (TPSA) is 66.4 Å². The molecule has 0 unspecified atom stereocenters. The Hall–Kier alpha value is -2.69. The molecule has 0 aliphatic heterocycles. The van der Waals surface area contributed by atoms with Gasteiger partial charge in [-0.3, -0.25) is 4.79 Å². The Kier molecular flexibility index (Phi) is 4.33. The molecule has 0 aliphatic carbocycles. The molecule has 0 radical (unpaired) electrons. The average Bonchev–Trinajstić information content (AvgIpc) is 2.43. The number of amides is 1. The predicted octanol–water partition coefficient (Wildman–Crippen LogP) is 3.01. The lowest BCUT2D eigenvalue weighted by atomic mass is 10.1.